The minimum atomic E-state index is 0.0376. The van der Waals surface area contributed by atoms with Crippen LogP contribution < -0.4 is 25.9 Å². The number of hydrogen-bond donors (Lipinski definition) is 0. The summed E-state index contributed by atoms with van der Waals surface area (Å²) >= 11 is 6.33. The van der Waals surface area contributed by atoms with Gasteiger partial charge in [0.2, 0.25) is 0 Å². The number of hydrogen-bond acceptors (Lipinski definition) is 2. The molecule has 3 heterocycles. The number of rotatable bonds is 2. The fourth-order valence-electron chi connectivity index (χ4n) is 7.17. The molecule has 0 amide bonds. The molecule has 41 heavy (non-hydrogen) atoms. The van der Waals surface area contributed by atoms with Crippen LogP contribution in [0, 0.1) is 0 Å². The number of para-hydroxylation sites is 1. The second kappa shape index (κ2) is 8.80. The van der Waals surface area contributed by atoms with Crippen LogP contribution in [0.3, 0.4) is 0 Å². The first-order valence-corrected chi connectivity index (χ1v) is 14.7. The maximum Gasteiger partial charge on any atom is 0.260 e. The molecular weight excluding hydrogens is 525 g/mol. The van der Waals surface area contributed by atoms with Gasteiger partial charge in [-0.3, -0.25) is 0 Å². The Morgan fingerprint density at radius 2 is 1.34 bits per heavy atom. The Kier molecular flexibility index (Phi) is 5.00. The summed E-state index contributed by atoms with van der Waals surface area (Å²) in [6.07, 6.45) is 4.84. The van der Waals surface area contributed by atoms with Gasteiger partial charge in [-0.05, 0) is 102 Å². The van der Waals surface area contributed by atoms with Crippen LogP contribution in [-0.2, 0) is 12.8 Å². The molecule has 0 atom stereocenters. The van der Waals surface area contributed by atoms with Gasteiger partial charge in [-0.15, -0.1) is 0 Å². The second-order valence-corrected chi connectivity index (χ2v) is 11.7. The van der Waals surface area contributed by atoms with Gasteiger partial charge in [0.05, 0.1) is 5.52 Å². The van der Waals surface area contributed by atoms with Gasteiger partial charge in [-0.2, -0.15) is 0 Å². The summed E-state index contributed by atoms with van der Waals surface area (Å²) in [6, 6.07) is 36.4. The zero-order valence-electron chi connectivity index (χ0n) is 22.4. The van der Waals surface area contributed by atoms with E-state index in [1.807, 2.05) is 30.3 Å². The first kappa shape index (κ1) is 23.3. The third-order valence-electron chi connectivity index (χ3n) is 9.00. The average Bonchev–Trinajstić information content (AvgIpc) is 3.35. The van der Waals surface area contributed by atoms with E-state index in [2.05, 4.69) is 77.4 Å². The number of aryl methyl sites for hydroxylation is 1. The molecule has 9 rings (SSSR count). The second-order valence-electron chi connectivity index (χ2n) is 11.3. The molecule has 196 valence electrons. The third kappa shape index (κ3) is 3.47. The van der Waals surface area contributed by atoms with E-state index in [-0.39, 0.29) is 6.71 Å². The Balaban J connectivity index is 1.12. The predicted octanol–water partition coefficient (Wildman–Crippen LogP) is 7.56. The van der Waals surface area contributed by atoms with E-state index in [9.17, 15) is 0 Å². The van der Waals surface area contributed by atoms with Crippen molar-refractivity contribution in [1.29, 1.82) is 0 Å². The first-order valence-electron chi connectivity index (χ1n) is 14.4. The molecule has 0 fully saturated rings. The predicted molar refractivity (Wildman–Crippen MR) is 168 cm³/mol. The van der Waals surface area contributed by atoms with Crippen molar-refractivity contribution in [3.8, 4) is 39.8 Å². The SMILES string of the molecule is Clc1ccc2c(c1)Oc1cccc3c1B2c1ccc(-c2ccc(-n4c5c(c6ccccc64)CCCC5)cc2)cc1O3. The Bertz CT molecular complexity index is 2030. The summed E-state index contributed by atoms with van der Waals surface area (Å²) in [6.45, 7) is 0.0376. The Labute approximate surface area is 244 Å². The number of aromatic nitrogens is 1. The highest BCUT2D eigenvalue weighted by Crippen LogP contribution is 2.38. The normalized spacial score (nSPS) is 14.4. The lowest BCUT2D eigenvalue weighted by Gasteiger charge is -2.33. The monoisotopic (exact) mass is 549 g/mol. The highest BCUT2D eigenvalue weighted by Gasteiger charge is 2.40. The molecule has 1 aromatic heterocycles. The van der Waals surface area contributed by atoms with Crippen LogP contribution in [0.1, 0.15) is 24.1 Å². The van der Waals surface area contributed by atoms with Gasteiger partial charge in [-0.25, -0.2) is 0 Å². The van der Waals surface area contributed by atoms with Crippen molar-refractivity contribution in [1.82, 2.24) is 4.57 Å². The van der Waals surface area contributed by atoms with Gasteiger partial charge in [0.25, 0.3) is 6.71 Å². The van der Waals surface area contributed by atoms with Crippen molar-refractivity contribution < 1.29 is 9.47 Å². The lowest BCUT2D eigenvalue weighted by Crippen LogP contribution is -2.57. The molecule has 3 aliphatic rings. The molecule has 5 heteroatoms. The quantitative estimate of drug-likeness (QED) is 0.208. The molecule has 6 aromatic rings. The van der Waals surface area contributed by atoms with Gasteiger partial charge in [0.15, 0.2) is 0 Å². The van der Waals surface area contributed by atoms with Crippen molar-refractivity contribution in [2.75, 3.05) is 0 Å². The maximum absolute atomic E-state index is 6.51. The third-order valence-corrected chi connectivity index (χ3v) is 9.24. The Morgan fingerprint density at radius 1 is 0.634 bits per heavy atom. The fraction of sp³-hybridized carbons (Fsp3) is 0.111. The largest absolute Gasteiger partial charge is 0.458 e. The van der Waals surface area contributed by atoms with Crippen LogP contribution in [0.5, 0.6) is 23.0 Å². The van der Waals surface area contributed by atoms with Crippen molar-refractivity contribution >= 4 is 45.6 Å². The Hall–Kier alpha value is -4.41. The molecule has 2 aliphatic heterocycles. The van der Waals surface area contributed by atoms with Gasteiger partial charge in [-0.1, -0.05) is 66.2 Å². The standard InChI is InChI=1S/C36H25BClNO2/c38-24-15-19-29-35(21-24)41-33-11-5-10-32-36(33)37(29)28-18-14-23(20-34(28)40-32)22-12-16-25(17-13-22)39-30-8-3-1-6-26(30)27-7-2-4-9-31(27)39/h1,3,5-6,8,10-21H,2,4,7,9H2. The smallest absolute Gasteiger partial charge is 0.260 e. The van der Waals surface area contributed by atoms with Crippen LogP contribution in [0.25, 0.3) is 27.7 Å². The van der Waals surface area contributed by atoms with Gasteiger partial charge in [0, 0.05) is 27.3 Å². The van der Waals surface area contributed by atoms with Gasteiger partial charge in [0.1, 0.15) is 23.0 Å². The molecule has 0 radical (unpaired) electrons. The zero-order chi connectivity index (χ0) is 27.1. The molecule has 0 saturated carbocycles. The number of fused-ring (bicyclic) bond motifs is 7. The zero-order valence-corrected chi connectivity index (χ0v) is 23.1. The van der Waals surface area contributed by atoms with Gasteiger partial charge < -0.3 is 14.0 Å². The molecule has 5 aromatic carbocycles. The summed E-state index contributed by atoms with van der Waals surface area (Å²) in [5.41, 5.74) is 11.2. The van der Waals surface area contributed by atoms with E-state index in [1.165, 1.54) is 52.7 Å². The average molecular weight is 550 g/mol. The Morgan fingerprint density at radius 3 is 2.17 bits per heavy atom. The minimum absolute atomic E-state index is 0.0376. The van der Waals surface area contributed by atoms with Gasteiger partial charge >= 0.3 is 0 Å². The van der Waals surface area contributed by atoms with Crippen molar-refractivity contribution in [3.63, 3.8) is 0 Å². The number of benzene rings is 5. The minimum Gasteiger partial charge on any atom is -0.458 e. The van der Waals surface area contributed by atoms with E-state index in [0.717, 1.165) is 51.4 Å². The number of nitrogens with zero attached hydrogens (tertiary/aromatic N) is 1. The first-order chi connectivity index (χ1) is 20.2. The van der Waals surface area contributed by atoms with Crippen LogP contribution in [0.15, 0.2) is 103 Å². The fourth-order valence-corrected chi connectivity index (χ4v) is 7.33. The highest BCUT2D eigenvalue weighted by molar-refractivity contribution is 6.98. The van der Waals surface area contributed by atoms with E-state index in [0.29, 0.717) is 5.02 Å². The van der Waals surface area contributed by atoms with E-state index < -0.39 is 0 Å². The molecule has 1 aliphatic carbocycles. The maximum atomic E-state index is 6.51. The van der Waals surface area contributed by atoms with Crippen molar-refractivity contribution in [2.24, 2.45) is 0 Å². The number of ether oxygens (including phenoxy) is 2. The highest BCUT2D eigenvalue weighted by atomic mass is 35.5. The van der Waals surface area contributed by atoms with Crippen LogP contribution in [0.2, 0.25) is 5.02 Å². The molecule has 3 nitrogen and oxygen atoms in total. The van der Waals surface area contributed by atoms with E-state index in [4.69, 9.17) is 21.1 Å². The molecule has 0 unspecified atom stereocenters. The molecular formula is C36H25BClNO2. The molecule has 0 saturated heterocycles. The van der Waals surface area contributed by atoms with E-state index in [1.54, 1.807) is 0 Å². The molecule has 0 bridgehead atoms. The number of halogens is 1. The van der Waals surface area contributed by atoms with E-state index >= 15 is 0 Å². The molecule has 0 spiro atoms. The lowest BCUT2D eigenvalue weighted by atomic mass is 9.35. The van der Waals surface area contributed by atoms with Crippen molar-refractivity contribution in [3.05, 3.63) is 119 Å². The van der Waals surface area contributed by atoms with Crippen LogP contribution in [0.4, 0.5) is 0 Å². The summed E-state index contributed by atoms with van der Waals surface area (Å²) < 4.78 is 15.2. The summed E-state index contributed by atoms with van der Waals surface area (Å²) in [5, 5.41) is 2.07. The summed E-state index contributed by atoms with van der Waals surface area (Å²) in [4.78, 5) is 0. The topological polar surface area (TPSA) is 23.4 Å². The lowest BCUT2D eigenvalue weighted by molar-refractivity contribution is 0.464. The summed E-state index contributed by atoms with van der Waals surface area (Å²) in [5.74, 6) is 3.36. The van der Waals surface area contributed by atoms with Crippen LogP contribution in [-0.4, -0.2) is 11.3 Å². The van der Waals surface area contributed by atoms with Crippen molar-refractivity contribution in [2.45, 2.75) is 25.7 Å². The van der Waals surface area contributed by atoms with Crippen LogP contribution >= 0.6 is 11.6 Å². The summed E-state index contributed by atoms with van der Waals surface area (Å²) in [7, 11) is 0. The molecule has 0 N–H and O–H groups in total.